The van der Waals surface area contributed by atoms with Crippen LogP contribution in [-0.4, -0.2) is 32.6 Å². The Bertz CT molecular complexity index is 1000. The molecular weight excluding hydrogens is 386 g/mol. The summed E-state index contributed by atoms with van der Waals surface area (Å²) < 4.78 is 7.38. The van der Waals surface area contributed by atoms with E-state index in [9.17, 15) is 4.79 Å². The van der Waals surface area contributed by atoms with Gasteiger partial charge in [-0.15, -0.1) is 10.2 Å². The third-order valence-corrected chi connectivity index (χ3v) is 5.94. The Labute approximate surface area is 173 Å². The van der Waals surface area contributed by atoms with Crippen molar-refractivity contribution in [2.45, 2.75) is 37.2 Å². The molecule has 2 N–H and O–H groups in total. The molecule has 0 radical (unpaired) electrons. The summed E-state index contributed by atoms with van der Waals surface area (Å²) in [5, 5.41) is 11.6. The molecule has 0 fully saturated rings. The van der Waals surface area contributed by atoms with Crippen LogP contribution in [0.15, 0.2) is 53.7 Å². The van der Waals surface area contributed by atoms with Gasteiger partial charge >= 0.3 is 0 Å². The Morgan fingerprint density at radius 3 is 2.55 bits per heavy atom. The highest BCUT2D eigenvalue weighted by Gasteiger charge is 2.37. The van der Waals surface area contributed by atoms with Gasteiger partial charge in [0.05, 0.1) is 12.6 Å². The van der Waals surface area contributed by atoms with Gasteiger partial charge in [-0.2, -0.15) is 0 Å². The van der Waals surface area contributed by atoms with Crippen molar-refractivity contribution in [3.05, 3.63) is 65.5 Å². The Balaban J connectivity index is 1.62. The van der Waals surface area contributed by atoms with Crippen LogP contribution in [0.4, 0.5) is 5.69 Å². The first kappa shape index (κ1) is 19.3. The number of anilines is 1. The third kappa shape index (κ3) is 4.07. The second kappa shape index (κ2) is 8.16. The summed E-state index contributed by atoms with van der Waals surface area (Å²) in [6.45, 7) is 6.46. The van der Waals surface area contributed by atoms with Crippen LogP contribution in [0.3, 0.4) is 0 Å². The van der Waals surface area contributed by atoms with E-state index in [1.807, 2.05) is 74.0 Å². The van der Waals surface area contributed by atoms with E-state index in [0.29, 0.717) is 11.8 Å². The number of rotatable bonds is 5. The Morgan fingerprint density at radius 1 is 1.14 bits per heavy atom. The van der Waals surface area contributed by atoms with E-state index < -0.39 is 5.25 Å². The van der Waals surface area contributed by atoms with Crippen molar-refractivity contribution in [3.8, 4) is 5.75 Å². The standard InChI is InChI=1S/C21H23N5O2S/c1-4-28-17-11-7-15(8-12-17)18-19(29-21-24-23-14(3)26(21)25-18)20(27)22-16-9-5-13(2)6-10-16/h5-12,18-19,25H,4H2,1-3H3,(H,22,27)/t18-,19-/m1/s1. The number of nitrogens with zero attached hydrogens (tertiary/aromatic N) is 3. The lowest BCUT2D eigenvalue weighted by Gasteiger charge is -2.32. The summed E-state index contributed by atoms with van der Waals surface area (Å²) in [6, 6.07) is 15.4. The molecule has 150 valence electrons. The summed E-state index contributed by atoms with van der Waals surface area (Å²) in [4.78, 5) is 13.2. The topological polar surface area (TPSA) is 81.1 Å². The molecule has 3 aromatic rings. The lowest BCUT2D eigenvalue weighted by Crippen LogP contribution is -2.41. The number of thioether (sulfide) groups is 1. The zero-order valence-electron chi connectivity index (χ0n) is 16.5. The molecule has 1 aliphatic heterocycles. The minimum Gasteiger partial charge on any atom is -0.494 e. The minimum atomic E-state index is -0.412. The van der Waals surface area contributed by atoms with Crippen molar-refractivity contribution in [3.63, 3.8) is 0 Å². The highest BCUT2D eigenvalue weighted by molar-refractivity contribution is 8.00. The number of carbonyl (C=O) groups excluding carboxylic acids is 1. The van der Waals surface area contributed by atoms with Crippen LogP contribution in [0.2, 0.25) is 0 Å². The van der Waals surface area contributed by atoms with E-state index in [4.69, 9.17) is 4.74 Å². The van der Waals surface area contributed by atoms with Gasteiger partial charge in [-0.25, -0.2) is 4.68 Å². The fourth-order valence-electron chi connectivity index (χ4n) is 3.20. The molecule has 2 aromatic carbocycles. The predicted octanol–water partition coefficient (Wildman–Crippen LogP) is 3.69. The second-order valence-electron chi connectivity index (χ2n) is 6.87. The normalized spacial score (nSPS) is 17.9. The van der Waals surface area contributed by atoms with Crippen molar-refractivity contribution in [2.75, 3.05) is 17.3 Å². The molecule has 0 saturated heterocycles. The molecular formula is C21H23N5O2S. The molecule has 1 aromatic heterocycles. The highest BCUT2D eigenvalue weighted by Crippen LogP contribution is 2.37. The van der Waals surface area contributed by atoms with Gasteiger partial charge in [0, 0.05) is 5.69 Å². The Hall–Kier alpha value is -3.00. The summed E-state index contributed by atoms with van der Waals surface area (Å²) in [5.74, 6) is 1.47. The number of aryl methyl sites for hydroxylation is 2. The van der Waals surface area contributed by atoms with Gasteiger partial charge in [0.2, 0.25) is 11.1 Å². The summed E-state index contributed by atoms with van der Waals surface area (Å²) in [7, 11) is 0. The van der Waals surface area contributed by atoms with Crippen molar-refractivity contribution in [1.29, 1.82) is 0 Å². The number of hydrogen-bond donors (Lipinski definition) is 2. The fourth-order valence-corrected chi connectivity index (χ4v) is 4.32. The van der Waals surface area contributed by atoms with Gasteiger partial charge in [-0.3, -0.25) is 4.79 Å². The number of benzene rings is 2. The molecule has 0 unspecified atom stereocenters. The van der Waals surface area contributed by atoms with Crippen LogP contribution < -0.4 is 15.5 Å². The SMILES string of the molecule is CCOc1ccc([C@H]2Nn3c(C)nnc3S[C@H]2C(=O)Nc2ccc(C)cc2)cc1. The Kier molecular flexibility index (Phi) is 5.44. The maximum atomic E-state index is 13.2. The first-order valence-corrected chi connectivity index (χ1v) is 10.4. The number of hydrogen-bond acceptors (Lipinski definition) is 6. The van der Waals surface area contributed by atoms with Crippen LogP contribution in [0.5, 0.6) is 5.75 Å². The fraction of sp³-hybridized carbons (Fsp3) is 0.286. The number of aromatic nitrogens is 3. The van der Waals surface area contributed by atoms with Crippen molar-refractivity contribution < 1.29 is 9.53 Å². The van der Waals surface area contributed by atoms with E-state index in [1.165, 1.54) is 11.8 Å². The molecule has 2 atom stereocenters. The second-order valence-corrected chi connectivity index (χ2v) is 7.98. The van der Waals surface area contributed by atoms with Crippen LogP contribution in [0, 0.1) is 13.8 Å². The molecule has 0 bridgehead atoms. The average Bonchev–Trinajstić information content (AvgIpc) is 3.10. The lowest BCUT2D eigenvalue weighted by atomic mass is 10.0. The molecule has 1 amide bonds. The zero-order chi connectivity index (χ0) is 20.4. The summed E-state index contributed by atoms with van der Waals surface area (Å²) in [6.07, 6.45) is 0. The molecule has 7 nitrogen and oxygen atoms in total. The molecule has 4 rings (SSSR count). The first-order valence-electron chi connectivity index (χ1n) is 9.50. The number of ether oxygens (including phenoxy) is 1. The minimum absolute atomic E-state index is 0.0860. The van der Waals surface area contributed by atoms with E-state index in [2.05, 4.69) is 20.9 Å². The van der Waals surface area contributed by atoms with Gasteiger partial charge < -0.3 is 15.5 Å². The summed E-state index contributed by atoms with van der Waals surface area (Å²) in [5.41, 5.74) is 6.32. The first-order chi connectivity index (χ1) is 14.0. The molecule has 29 heavy (non-hydrogen) atoms. The van der Waals surface area contributed by atoms with Crippen LogP contribution in [0.25, 0.3) is 0 Å². The number of carbonyl (C=O) groups is 1. The predicted molar refractivity (Wildman–Crippen MR) is 114 cm³/mol. The monoisotopic (exact) mass is 409 g/mol. The maximum absolute atomic E-state index is 13.2. The lowest BCUT2D eigenvalue weighted by molar-refractivity contribution is -0.116. The van der Waals surface area contributed by atoms with Crippen LogP contribution >= 0.6 is 11.8 Å². The highest BCUT2D eigenvalue weighted by atomic mass is 32.2. The van der Waals surface area contributed by atoms with Crippen molar-refractivity contribution >= 4 is 23.4 Å². The summed E-state index contributed by atoms with van der Waals surface area (Å²) >= 11 is 1.41. The van der Waals surface area contributed by atoms with Crippen LogP contribution in [-0.2, 0) is 4.79 Å². The number of fused-ring (bicyclic) bond motifs is 1. The van der Waals surface area contributed by atoms with Gasteiger partial charge in [0.15, 0.2) is 0 Å². The van der Waals surface area contributed by atoms with Gasteiger partial charge in [0.25, 0.3) is 0 Å². The van der Waals surface area contributed by atoms with E-state index in [1.54, 1.807) is 0 Å². The van der Waals surface area contributed by atoms with E-state index in [0.717, 1.165) is 28.4 Å². The number of nitrogens with one attached hydrogen (secondary N) is 2. The Morgan fingerprint density at radius 2 is 1.86 bits per heavy atom. The zero-order valence-corrected chi connectivity index (χ0v) is 17.4. The third-order valence-electron chi connectivity index (χ3n) is 4.73. The van der Waals surface area contributed by atoms with Gasteiger partial charge in [-0.1, -0.05) is 41.6 Å². The van der Waals surface area contributed by atoms with Gasteiger partial charge in [0.1, 0.15) is 16.8 Å². The van der Waals surface area contributed by atoms with Crippen LogP contribution in [0.1, 0.15) is 29.9 Å². The molecule has 1 aliphatic rings. The number of amides is 1. The molecule has 8 heteroatoms. The largest absolute Gasteiger partial charge is 0.494 e. The molecule has 0 aliphatic carbocycles. The maximum Gasteiger partial charge on any atom is 0.240 e. The molecule has 0 spiro atoms. The molecule has 0 saturated carbocycles. The quantitative estimate of drug-likeness (QED) is 0.669. The molecule has 2 heterocycles. The smallest absolute Gasteiger partial charge is 0.240 e. The van der Waals surface area contributed by atoms with Crippen molar-refractivity contribution in [2.24, 2.45) is 0 Å². The average molecular weight is 410 g/mol. The van der Waals surface area contributed by atoms with Crippen molar-refractivity contribution in [1.82, 2.24) is 14.9 Å². The van der Waals surface area contributed by atoms with Gasteiger partial charge in [-0.05, 0) is 50.6 Å². The van der Waals surface area contributed by atoms with E-state index in [-0.39, 0.29) is 11.9 Å². The van der Waals surface area contributed by atoms with E-state index >= 15 is 0 Å².